The number of benzene rings is 1. The fraction of sp³-hybridized carbons (Fsp3) is 0.379. The topological polar surface area (TPSA) is 98.6 Å². The summed E-state index contributed by atoms with van der Waals surface area (Å²) < 4.78 is 2.45. The van der Waals surface area contributed by atoms with Crippen LogP contribution < -0.4 is 26.0 Å². The average Bonchev–Trinajstić information content (AvgIpc) is 3.39. The second kappa shape index (κ2) is 12.1. The number of hydrogen-bond acceptors (Lipinski definition) is 9. The third-order valence-corrected chi connectivity index (χ3v) is 8.23. The third-order valence-electron chi connectivity index (χ3n) is 7.11. The van der Waals surface area contributed by atoms with Crippen LogP contribution >= 0.6 is 11.3 Å². The van der Waals surface area contributed by atoms with Crippen LogP contribution in [-0.4, -0.2) is 78.9 Å². The van der Waals surface area contributed by atoms with Gasteiger partial charge in [-0.1, -0.05) is 18.2 Å². The number of thiophene rings is 1. The zero-order chi connectivity index (χ0) is 28.2. The lowest BCUT2D eigenvalue weighted by Crippen LogP contribution is -2.48. The van der Waals surface area contributed by atoms with Crippen molar-refractivity contribution >= 4 is 50.3 Å². The Balaban J connectivity index is 1.26. The van der Waals surface area contributed by atoms with Gasteiger partial charge in [0.05, 0.1) is 16.8 Å². The van der Waals surface area contributed by atoms with Crippen molar-refractivity contribution in [3.8, 4) is 0 Å². The molecule has 1 aliphatic heterocycles. The molecule has 1 unspecified atom stereocenters. The summed E-state index contributed by atoms with van der Waals surface area (Å²) in [6, 6.07) is 15.6. The number of carbonyl (C=O) groups excluding carboxylic acids is 1. The lowest BCUT2D eigenvalue weighted by molar-refractivity contribution is 0.0937. The molecule has 4 heterocycles. The van der Waals surface area contributed by atoms with Gasteiger partial charge in [0.1, 0.15) is 11.5 Å². The number of likely N-dealkylation sites (N-methyl/N-ethyl adjacent to an activating group) is 2. The second-order valence-electron chi connectivity index (χ2n) is 10.5. The van der Waals surface area contributed by atoms with Crippen molar-refractivity contribution in [1.29, 1.82) is 0 Å². The molecule has 0 bridgehead atoms. The highest BCUT2D eigenvalue weighted by Crippen LogP contribution is 2.26. The van der Waals surface area contributed by atoms with E-state index in [1.807, 2.05) is 49.5 Å². The molecule has 1 saturated heterocycles. The van der Waals surface area contributed by atoms with Crippen molar-refractivity contribution in [1.82, 2.24) is 25.0 Å². The third kappa shape index (κ3) is 6.43. The number of anilines is 4. The Morgan fingerprint density at radius 2 is 1.95 bits per heavy atom. The summed E-state index contributed by atoms with van der Waals surface area (Å²) in [5.41, 5.74) is 1.18. The fourth-order valence-electron chi connectivity index (χ4n) is 4.79. The molecule has 1 fully saturated rings. The number of fused-ring (bicyclic) bond motifs is 1. The van der Waals surface area contributed by atoms with Crippen LogP contribution in [0.3, 0.4) is 0 Å². The molecule has 210 valence electrons. The van der Waals surface area contributed by atoms with Crippen LogP contribution in [0.1, 0.15) is 22.5 Å². The van der Waals surface area contributed by atoms with E-state index in [1.54, 1.807) is 19.3 Å². The number of piperidine rings is 1. The number of rotatable bonds is 9. The minimum Gasteiger partial charge on any atom is -0.372 e. The van der Waals surface area contributed by atoms with Crippen LogP contribution in [0.2, 0.25) is 0 Å². The minimum atomic E-state index is -0.232. The van der Waals surface area contributed by atoms with Gasteiger partial charge < -0.3 is 25.3 Å². The number of pyridine rings is 1. The van der Waals surface area contributed by atoms with E-state index >= 15 is 0 Å². The Morgan fingerprint density at radius 3 is 2.70 bits per heavy atom. The maximum atomic E-state index is 13.0. The molecule has 1 atom stereocenters. The molecule has 4 aromatic rings. The molecule has 3 aromatic heterocycles. The Kier molecular flexibility index (Phi) is 8.32. The van der Waals surface area contributed by atoms with Gasteiger partial charge in [-0.25, -0.2) is 9.67 Å². The summed E-state index contributed by atoms with van der Waals surface area (Å²) in [5.74, 6) is 1.22. The quantitative estimate of drug-likeness (QED) is 0.321. The monoisotopic (exact) mass is 560 g/mol. The molecule has 1 aliphatic rings. The van der Waals surface area contributed by atoms with E-state index in [0.717, 1.165) is 48.2 Å². The van der Waals surface area contributed by atoms with Crippen LogP contribution in [0.15, 0.2) is 59.5 Å². The smallest absolute Gasteiger partial charge is 0.290 e. The van der Waals surface area contributed by atoms with Crippen LogP contribution in [0.25, 0.3) is 10.1 Å². The van der Waals surface area contributed by atoms with Gasteiger partial charge in [-0.2, -0.15) is 5.10 Å². The van der Waals surface area contributed by atoms with Gasteiger partial charge in [0.15, 0.2) is 5.82 Å². The van der Waals surface area contributed by atoms with E-state index in [1.165, 1.54) is 16.0 Å². The molecule has 10 nitrogen and oxygen atoms in total. The van der Waals surface area contributed by atoms with Crippen molar-refractivity contribution < 1.29 is 4.79 Å². The van der Waals surface area contributed by atoms with Gasteiger partial charge in [0, 0.05) is 57.1 Å². The standard InChI is InChI=1S/C29H36N8O2S/c1-34(2)14-15-35(3)22-11-12-26(30-18-22)32-23-17-27(33-36(4)29(23)39)37-13-7-9-21(19-37)31-28(38)25-16-20-8-5-6-10-24(20)40-25/h5-6,8,10-12,16-18,21H,7,9,13-15,19H2,1-4H3,(H,30,32)(H,31,38). The number of aromatic nitrogens is 3. The van der Waals surface area contributed by atoms with Crippen molar-refractivity contribution in [2.24, 2.45) is 7.05 Å². The highest BCUT2D eigenvalue weighted by molar-refractivity contribution is 7.20. The lowest BCUT2D eigenvalue weighted by Gasteiger charge is -2.34. The number of hydrogen-bond donors (Lipinski definition) is 2. The normalized spacial score (nSPS) is 15.4. The Bertz CT molecular complexity index is 1500. The molecule has 11 heteroatoms. The lowest BCUT2D eigenvalue weighted by atomic mass is 10.1. The second-order valence-corrected chi connectivity index (χ2v) is 11.6. The van der Waals surface area contributed by atoms with Crippen molar-refractivity contribution in [2.75, 3.05) is 62.4 Å². The highest BCUT2D eigenvalue weighted by atomic mass is 32.1. The van der Waals surface area contributed by atoms with Crippen LogP contribution in [0.4, 0.5) is 23.0 Å². The van der Waals surface area contributed by atoms with E-state index in [-0.39, 0.29) is 17.5 Å². The molecular weight excluding hydrogens is 524 g/mol. The van der Waals surface area contributed by atoms with Gasteiger partial charge in [-0.15, -0.1) is 11.3 Å². The van der Waals surface area contributed by atoms with Gasteiger partial charge >= 0.3 is 0 Å². The van der Waals surface area contributed by atoms with E-state index in [9.17, 15) is 9.59 Å². The van der Waals surface area contributed by atoms with E-state index in [0.29, 0.717) is 28.7 Å². The summed E-state index contributed by atoms with van der Waals surface area (Å²) in [6.07, 6.45) is 3.61. The predicted octanol–water partition coefficient (Wildman–Crippen LogP) is 3.53. The fourth-order valence-corrected chi connectivity index (χ4v) is 5.76. The number of aryl methyl sites for hydroxylation is 1. The molecular formula is C29H36N8O2S. The molecule has 0 saturated carbocycles. The van der Waals surface area contributed by atoms with Crippen LogP contribution in [-0.2, 0) is 7.05 Å². The van der Waals surface area contributed by atoms with Gasteiger partial charge in [0.25, 0.3) is 11.5 Å². The van der Waals surface area contributed by atoms with Crippen LogP contribution in [0, 0.1) is 0 Å². The first-order chi connectivity index (χ1) is 19.3. The number of nitrogens with one attached hydrogen (secondary N) is 2. The first kappa shape index (κ1) is 27.6. The molecule has 1 aromatic carbocycles. The van der Waals surface area contributed by atoms with Crippen molar-refractivity contribution in [3.05, 3.63) is 70.0 Å². The summed E-state index contributed by atoms with van der Waals surface area (Å²) in [4.78, 5) is 37.6. The summed E-state index contributed by atoms with van der Waals surface area (Å²) in [5, 5.41) is 12.0. The average molecular weight is 561 g/mol. The zero-order valence-electron chi connectivity index (χ0n) is 23.4. The molecule has 1 amide bonds. The molecule has 40 heavy (non-hydrogen) atoms. The Morgan fingerprint density at radius 1 is 1.12 bits per heavy atom. The first-order valence-electron chi connectivity index (χ1n) is 13.5. The first-order valence-corrected chi connectivity index (χ1v) is 14.3. The molecule has 0 aliphatic carbocycles. The summed E-state index contributed by atoms with van der Waals surface area (Å²) in [7, 11) is 7.79. The maximum absolute atomic E-state index is 13.0. The molecule has 0 radical (unpaired) electrons. The SMILES string of the molecule is CN(C)CCN(C)c1ccc(Nc2cc(N3CCCC(NC(=O)c4cc5ccccc5s4)C3)nn(C)c2=O)nc1. The zero-order valence-corrected chi connectivity index (χ0v) is 24.2. The molecule has 2 N–H and O–H groups in total. The van der Waals surface area contributed by atoms with E-state index < -0.39 is 0 Å². The minimum absolute atomic E-state index is 0.0133. The van der Waals surface area contributed by atoms with Gasteiger partial charge in [0.2, 0.25) is 0 Å². The van der Waals surface area contributed by atoms with Gasteiger partial charge in [-0.3, -0.25) is 9.59 Å². The number of nitrogens with zero attached hydrogens (tertiary/aromatic N) is 6. The largest absolute Gasteiger partial charge is 0.372 e. The number of amides is 1. The van der Waals surface area contributed by atoms with Crippen molar-refractivity contribution in [2.45, 2.75) is 18.9 Å². The summed E-state index contributed by atoms with van der Waals surface area (Å²) >= 11 is 1.51. The predicted molar refractivity (Wildman–Crippen MR) is 163 cm³/mol. The van der Waals surface area contributed by atoms with Crippen molar-refractivity contribution in [3.63, 3.8) is 0 Å². The van der Waals surface area contributed by atoms with E-state index in [4.69, 9.17) is 0 Å². The molecule has 5 rings (SSSR count). The van der Waals surface area contributed by atoms with Gasteiger partial charge in [-0.05, 0) is 56.6 Å². The highest BCUT2D eigenvalue weighted by Gasteiger charge is 2.24. The summed E-state index contributed by atoms with van der Waals surface area (Å²) in [6.45, 7) is 3.25. The number of carbonyl (C=O) groups is 1. The Labute approximate surface area is 238 Å². The van der Waals surface area contributed by atoms with E-state index in [2.05, 4.69) is 49.5 Å². The van der Waals surface area contributed by atoms with Crippen LogP contribution in [0.5, 0.6) is 0 Å². The Hall–Kier alpha value is -3.96. The molecule has 0 spiro atoms. The maximum Gasteiger partial charge on any atom is 0.290 e.